The highest BCUT2D eigenvalue weighted by atomic mass is 19.4. The van der Waals surface area contributed by atoms with Gasteiger partial charge < -0.3 is 15.4 Å². The van der Waals surface area contributed by atoms with Gasteiger partial charge in [0.05, 0.1) is 12.7 Å². The maximum Gasteiger partial charge on any atom is 0.433 e. The second kappa shape index (κ2) is 6.65. The van der Waals surface area contributed by atoms with Gasteiger partial charge in [0, 0.05) is 18.8 Å². The SMILES string of the molecule is CNc1nc(Nc2ccc(OC)c(C(F)(F)F)c2)cc(C(F)(F)F)n1. The van der Waals surface area contributed by atoms with Crippen molar-refractivity contribution < 1.29 is 31.1 Å². The van der Waals surface area contributed by atoms with Crippen LogP contribution in [0.2, 0.25) is 0 Å². The molecule has 0 radical (unpaired) electrons. The molecule has 0 aliphatic rings. The minimum atomic E-state index is -4.73. The van der Waals surface area contributed by atoms with Crippen LogP contribution < -0.4 is 15.4 Å². The first kappa shape index (κ1) is 18.6. The Balaban J connectivity index is 2.43. The van der Waals surface area contributed by atoms with E-state index >= 15 is 0 Å². The van der Waals surface area contributed by atoms with Crippen molar-refractivity contribution in [2.24, 2.45) is 0 Å². The van der Waals surface area contributed by atoms with E-state index in [4.69, 9.17) is 0 Å². The van der Waals surface area contributed by atoms with Crippen molar-refractivity contribution in [1.82, 2.24) is 9.97 Å². The molecule has 1 heterocycles. The Morgan fingerprint density at radius 1 is 0.960 bits per heavy atom. The van der Waals surface area contributed by atoms with Crippen LogP contribution in [0.4, 0.5) is 43.8 Å². The van der Waals surface area contributed by atoms with Crippen LogP contribution in [0.15, 0.2) is 24.3 Å². The monoisotopic (exact) mass is 366 g/mol. The maximum absolute atomic E-state index is 13.0. The summed E-state index contributed by atoms with van der Waals surface area (Å²) < 4.78 is 82.1. The van der Waals surface area contributed by atoms with E-state index < -0.39 is 29.4 Å². The van der Waals surface area contributed by atoms with Crippen LogP contribution in [0.5, 0.6) is 5.75 Å². The number of aromatic nitrogens is 2. The van der Waals surface area contributed by atoms with Crippen LogP contribution in [0.25, 0.3) is 0 Å². The summed E-state index contributed by atoms with van der Waals surface area (Å²) in [6.07, 6.45) is -9.43. The molecule has 136 valence electrons. The molecule has 2 aromatic rings. The Kier molecular flexibility index (Phi) is 4.95. The largest absolute Gasteiger partial charge is 0.496 e. The quantitative estimate of drug-likeness (QED) is 0.790. The number of hydrogen-bond donors (Lipinski definition) is 2. The lowest BCUT2D eigenvalue weighted by Gasteiger charge is -2.15. The summed E-state index contributed by atoms with van der Waals surface area (Å²) in [4.78, 5) is 7.01. The molecule has 0 aliphatic carbocycles. The fourth-order valence-electron chi connectivity index (χ4n) is 1.92. The van der Waals surface area contributed by atoms with E-state index in [-0.39, 0.29) is 17.5 Å². The number of rotatable bonds is 4. The van der Waals surface area contributed by atoms with Gasteiger partial charge in [-0.15, -0.1) is 0 Å². The molecule has 0 saturated heterocycles. The zero-order valence-corrected chi connectivity index (χ0v) is 12.9. The molecule has 1 aromatic carbocycles. The van der Waals surface area contributed by atoms with Crippen LogP contribution in [-0.2, 0) is 12.4 Å². The zero-order valence-electron chi connectivity index (χ0n) is 12.9. The summed E-state index contributed by atoms with van der Waals surface area (Å²) in [6.45, 7) is 0. The third kappa shape index (κ3) is 4.43. The molecule has 0 saturated carbocycles. The average Bonchev–Trinajstić information content (AvgIpc) is 2.52. The van der Waals surface area contributed by atoms with Crippen molar-refractivity contribution in [3.05, 3.63) is 35.5 Å². The van der Waals surface area contributed by atoms with Crippen molar-refractivity contribution in [2.45, 2.75) is 12.4 Å². The molecule has 0 aliphatic heterocycles. The second-order valence-corrected chi connectivity index (χ2v) is 4.75. The summed E-state index contributed by atoms with van der Waals surface area (Å²) in [5.74, 6) is -1.06. The Labute approximate surface area is 138 Å². The predicted molar refractivity (Wildman–Crippen MR) is 77.9 cm³/mol. The Hall–Kier alpha value is -2.72. The van der Waals surface area contributed by atoms with Gasteiger partial charge in [0.1, 0.15) is 11.6 Å². The van der Waals surface area contributed by atoms with Gasteiger partial charge in [-0.25, -0.2) is 4.98 Å². The molecule has 2 rings (SSSR count). The van der Waals surface area contributed by atoms with Gasteiger partial charge in [0.15, 0.2) is 5.69 Å². The van der Waals surface area contributed by atoms with Crippen molar-refractivity contribution in [3.8, 4) is 5.75 Å². The molecule has 2 N–H and O–H groups in total. The summed E-state index contributed by atoms with van der Waals surface area (Å²) in [5, 5.41) is 4.77. The predicted octanol–water partition coefficient (Wildman–Crippen LogP) is 4.31. The van der Waals surface area contributed by atoms with Crippen LogP contribution in [0.1, 0.15) is 11.3 Å². The summed E-state index contributed by atoms with van der Waals surface area (Å²) in [7, 11) is 2.39. The molecular weight excluding hydrogens is 354 g/mol. The van der Waals surface area contributed by atoms with E-state index in [1.165, 1.54) is 13.1 Å². The van der Waals surface area contributed by atoms with Gasteiger partial charge in [-0.05, 0) is 18.2 Å². The van der Waals surface area contributed by atoms with Gasteiger partial charge >= 0.3 is 12.4 Å². The van der Waals surface area contributed by atoms with E-state index in [9.17, 15) is 26.3 Å². The van der Waals surface area contributed by atoms with Crippen LogP contribution >= 0.6 is 0 Å². The average molecular weight is 366 g/mol. The smallest absolute Gasteiger partial charge is 0.433 e. The fourth-order valence-corrected chi connectivity index (χ4v) is 1.92. The number of halogens is 6. The van der Waals surface area contributed by atoms with Crippen molar-refractivity contribution >= 4 is 17.5 Å². The third-order valence-electron chi connectivity index (χ3n) is 3.02. The lowest BCUT2D eigenvalue weighted by molar-refractivity contribution is -0.141. The molecule has 25 heavy (non-hydrogen) atoms. The van der Waals surface area contributed by atoms with E-state index in [2.05, 4.69) is 25.3 Å². The van der Waals surface area contributed by atoms with Gasteiger partial charge in [-0.1, -0.05) is 0 Å². The van der Waals surface area contributed by atoms with Gasteiger partial charge in [0.25, 0.3) is 0 Å². The first-order chi connectivity index (χ1) is 11.5. The highest BCUT2D eigenvalue weighted by Gasteiger charge is 2.35. The summed E-state index contributed by atoms with van der Waals surface area (Å²) in [6, 6.07) is 3.59. The van der Waals surface area contributed by atoms with E-state index in [0.29, 0.717) is 12.1 Å². The van der Waals surface area contributed by atoms with Crippen LogP contribution in [-0.4, -0.2) is 24.1 Å². The lowest BCUT2D eigenvalue weighted by Crippen LogP contribution is -2.12. The minimum absolute atomic E-state index is 0.109. The van der Waals surface area contributed by atoms with Crippen molar-refractivity contribution in [1.29, 1.82) is 0 Å². The Bertz CT molecular complexity index is 760. The molecule has 5 nitrogen and oxygen atoms in total. The normalized spacial score (nSPS) is 12.0. The number of nitrogens with zero attached hydrogens (tertiary/aromatic N) is 2. The van der Waals surface area contributed by atoms with Crippen LogP contribution in [0, 0.1) is 0 Å². The number of methoxy groups -OCH3 is 1. The molecule has 1 aromatic heterocycles. The van der Waals surface area contributed by atoms with Gasteiger partial charge in [-0.3, -0.25) is 0 Å². The molecule has 0 amide bonds. The standard InChI is InChI=1S/C14H12F6N4O/c1-21-12-23-10(14(18,19)20)6-11(24-12)22-7-3-4-9(25-2)8(5-7)13(15,16)17/h3-6H,1-2H3,(H2,21,22,23,24). The number of nitrogens with one attached hydrogen (secondary N) is 2. The number of ether oxygens (including phenoxy) is 1. The van der Waals surface area contributed by atoms with Crippen LogP contribution in [0.3, 0.4) is 0 Å². The minimum Gasteiger partial charge on any atom is -0.496 e. The van der Waals surface area contributed by atoms with Crippen molar-refractivity contribution in [3.63, 3.8) is 0 Å². The van der Waals surface area contributed by atoms with E-state index in [1.807, 2.05) is 0 Å². The highest BCUT2D eigenvalue weighted by Crippen LogP contribution is 2.38. The molecule has 0 fully saturated rings. The van der Waals surface area contributed by atoms with E-state index in [0.717, 1.165) is 13.2 Å². The zero-order chi connectivity index (χ0) is 18.8. The number of anilines is 3. The van der Waals surface area contributed by atoms with Crippen molar-refractivity contribution in [2.75, 3.05) is 24.8 Å². The second-order valence-electron chi connectivity index (χ2n) is 4.75. The first-order valence-electron chi connectivity index (χ1n) is 6.71. The topological polar surface area (TPSA) is 59.1 Å². The van der Waals surface area contributed by atoms with Gasteiger partial charge in [-0.2, -0.15) is 31.3 Å². The first-order valence-corrected chi connectivity index (χ1v) is 6.71. The number of benzene rings is 1. The summed E-state index contributed by atoms with van der Waals surface area (Å²) in [5.41, 5.74) is -2.42. The molecule has 0 spiro atoms. The fraction of sp³-hybridized carbons (Fsp3) is 0.286. The highest BCUT2D eigenvalue weighted by molar-refractivity contribution is 5.61. The Morgan fingerprint density at radius 2 is 1.64 bits per heavy atom. The molecular formula is C14H12F6N4O. The number of alkyl halides is 6. The molecule has 11 heteroatoms. The third-order valence-corrected chi connectivity index (χ3v) is 3.02. The lowest BCUT2D eigenvalue weighted by atomic mass is 10.1. The molecule has 0 bridgehead atoms. The van der Waals surface area contributed by atoms with Gasteiger partial charge in [0.2, 0.25) is 5.95 Å². The summed E-state index contributed by atoms with van der Waals surface area (Å²) >= 11 is 0. The molecule has 0 atom stereocenters. The Morgan fingerprint density at radius 3 is 2.16 bits per heavy atom. The molecule has 0 unspecified atom stereocenters. The maximum atomic E-state index is 13.0. The number of hydrogen-bond acceptors (Lipinski definition) is 5. The van der Waals surface area contributed by atoms with E-state index in [1.54, 1.807) is 0 Å².